The summed E-state index contributed by atoms with van der Waals surface area (Å²) in [5.74, 6) is 0.581. The van der Waals surface area contributed by atoms with Crippen molar-refractivity contribution in [1.29, 1.82) is 0 Å². The number of para-hydroxylation sites is 1. The number of nitrogens with zero attached hydrogens (tertiary/aromatic N) is 1. The predicted molar refractivity (Wildman–Crippen MR) is 143 cm³/mol. The van der Waals surface area contributed by atoms with Gasteiger partial charge in [-0.15, -0.1) is 0 Å². The third-order valence-corrected chi connectivity index (χ3v) is 7.11. The topological polar surface area (TPSA) is 97.3 Å². The van der Waals surface area contributed by atoms with Crippen molar-refractivity contribution in [3.63, 3.8) is 0 Å². The number of hydrogen-bond donors (Lipinski definition) is 2. The molecule has 1 atom stereocenters. The SMILES string of the molecule is COc1cc([C@@H](C(=O)NC2CCCC2)N(C(=O)c2ccc3c(c2)OCCO3)c2ccccc2C)ccc1O. The minimum absolute atomic E-state index is 0.0483. The molecule has 8 heteroatoms. The fourth-order valence-electron chi connectivity index (χ4n) is 5.15. The molecular formula is C30H32N2O6. The summed E-state index contributed by atoms with van der Waals surface area (Å²) in [6.07, 6.45) is 3.91. The van der Waals surface area contributed by atoms with Gasteiger partial charge in [0.25, 0.3) is 5.91 Å². The summed E-state index contributed by atoms with van der Waals surface area (Å²) in [6.45, 7) is 2.75. The van der Waals surface area contributed by atoms with E-state index in [0.717, 1.165) is 31.2 Å². The summed E-state index contributed by atoms with van der Waals surface area (Å²) in [5.41, 5.74) is 2.32. The summed E-state index contributed by atoms with van der Waals surface area (Å²) < 4.78 is 16.7. The van der Waals surface area contributed by atoms with E-state index >= 15 is 0 Å². The van der Waals surface area contributed by atoms with E-state index in [-0.39, 0.29) is 29.4 Å². The smallest absolute Gasteiger partial charge is 0.259 e. The maximum atomic E-state index is 14.3. The molecule has 0 spiro atoms. The zero-order valence-electron chi connectivity index (χ0n) is 21.6. The van der Waals surface area contributed by atoms with E-state index in [1.54, 1.807) is 30.3 Å². The van der Waals surface area contributed by atoms with E-state index in [1.807, 2.05) is 31.2 Å². The van der Waals surface area contributed by atoms with Crippen molar-refractivity contribution in [2.24, 2.45) is 0 Å². The van der Waals surface area contributed by atoms with Crippen LogP contribution in [0, 0.1) is 6.92 Å². The highest BCUT2D eigenvalue weighted by Gasteiger charge is 2.36. The molecule has 38 heavy (non-hydrogen) atoms. The van der Waals surface area contributed by atoms with Gasteiger partial charge in [-0.3, -0.25) is 14.5 Å². The molecule has 0 saturated heterocycles. The van der Waals surface area contributed by atoms with E-state index in [1.165, 1.54) is 18.1 Å². The Morgan fingerprint density at radius 2 is 1.74 bits per heavy atom. The number of fused-ring (bicyclic) bond motifs is 1. The number of ether oxygens (including phenoxy) is 3. The molecule has 0 bridgehead atoms. The summed E-state index contributed by atoms with van der Waals surface area (Å²) in [6, 6.07) is 16.3. The van der Waals surface area contributed by atoms with Gasteiger partial charge in [-0.1, -0.05) is 37.1 Å². The minimum Gasteiger partial charge on any atom is -0.504 e. The lowest BCUT2D eigenvalue weighted by Crippen LogP contribution is -2.46. The Bertz CT molecular complexity index is 1330. The second-order valence-corrected chi connectivity index (χ2v) is 9.64. The van der Waals surface area contributed by atoms with Crippen LogP contribution >= 0.6 is 0 Å². The van der Waals surface area contributed by atoms with Gasteiger partial charge in [0.05, 0.1) is 7.11 Å². The van der Waals surface area contributed by atoms with Crippen molar-refractivity contribution >= 4 is 17.5 Å². The zero-order chi connectivity index (χ0) is 26.6. The lowest BCUT2D eigenvalue weighted by molar-refractivity contribution is -0.123. The van der Waals surface area contributed by atoms with Gasteiger partial charge in [-0.05, 0) is 67.3 Å². The van der Waals surface area contributed by atoms with Crippen LogP contribution in [0.1, 0.15) is 53.2 Å². The minimum atomic E-state index is -1.02. The number of aromatic hydroxyl groups is 1. The van der Waals surface area contributed by atoms with Crippen LogP contribution in [-0.2, 0) is 4.79 Å². The van der Waals surface area contributed by atoms with Crippen molar-refractivity contribution < 1.29 is 28.9 Å². The van der Waals surface area contributed by atoms with Crippen LogP contribution in [0.25, 0.3) is 0 Å². The molecule has 1 fully saturated rings. The highest BCUT2D eigenvalue weighted by Crippen LogP contribution is 2.38. The number of aryl methyl sites for hydroxylation is 1. The molecule has 1 saturated carbocycles. The molecule has 1 aliphatic heterocycles. The largest absolute Gasteiger partial charge is 0.504 e. The van der Waals surface area contributed by atoms with Crippen molar-refractivity contribution in [3.8, 4) is 23.0 Å². The standard InChI is InChI=1S/C30H32N2O6/c1-19-7-3-6-10-23(19)32(30(35)21-12-14-25-27(18-21)38-16-15-37-25)28(29(34)31-22-8-4-5-9-22)20-11-13-24(33)26(17-20)36-2/h3,6-7,10-14,17-18,22,28,33H,4-5,8-9,15-16H2,1-2H3,(H,31,34)/t28-/m0/s1. The number of phenolic OH excluding ortho intramolecular Hbond substituents is 1. The number of carbonyl (C=O) groups excluding carboxylic acids is 2. The lowest BCUT2D eigenvalue weighted by Gasteiger charge is -2.33. The predicted octanol–water partition coefficient (Wildman–Crippen LogP) is 4.93. The maximum absolute atomic E-state index is 14.3. The summed E-state index contributed by atoms with van der Waals surface area (Å²) in [7, 11) is 1.45. The Morgan fingerprint density at radius 3 is 2.47 bits per heavy atom. The number of phenols is 1. The van der Waals surface area contributed by atoms with E-state index in [2.05, 4.69) is 5.32 Å². The fourth-order valence-corrected chi connectivity index (χ4v) is 5.15. The molecule has 198 valence electrons. The van der Waals surface area contributed by atoms with Gasteiger partial charge in [0.2, 0.25) is 5.91 Å². The van der Waals surface area contributed by atoms with Gasteiger partial charge in [0.15, 0.2) is 23.0 Å². The first-order chi connectivity index (χ1) is 18.5. The van der Waals surface area contributed by atoms with Gasteiger partial charge in [-0.2, -0.15) is 0 Å². The Labute approximate surface area is 222 Å². The van der Waals surface area contributed by atoms with Crippen molar-refractivity contribution in [2.45, 2.75) is 44.7 Å². The van der Waals surface area contributed by atoms with Gasteiger partial charge in [0, 0.05) is 17.3 Å². The van der Waals surface area contributed by atoms with Crippen LogP contribution in [0.2, 0.25) is 0 Å². The highest BCUT2D eigenvalue weighted by atomic mass is 16.6. The monoisotopic (exact) mass is 516 g/mol. The number of anilines is 1. The molecule has 0 radical (unpaired) electrons. The van der Waals surface area contributed by atoms with Crippen molar-refractivity contribution in [1.82, 2.24) is 5.32 Å². The molecule has 8 nitrogen and oxygen atoms in total. The molecule has 0 aromatic heterocycles. The third-order valence-electron chi connectivity index (χ3n) is 7.11. The molecule has 5 rings (SSSR count). The number of amides is 2. The van der Waals surface area contributed by atoms with Crippen LogP contribution in [-0.4, -0.2) is 43.3 Å². The third kappa shape index (κ3) is 5.11. The number of benzene rings is 3. The van der Waals surface area contributed by atoms with E-state index in [0.29, 0.717) is 41.5 Å². The van der Waals surface area contributed by atoms with E-state index in [4.69, 9.17) is 14.2 Å². The summed E-state index contributed by atoms with van der Waals surface area (Å²) >= 11 is 0. The van der Waals surface area contributed by atoms with Crippen LogP contribution in [0.4, 0.5) is 5.69 Å². The Balaban J connectivity index is 1.64. The number of nitrogens with one attached hydrogen (secondary N) is 1. The molecule has 1 aliphatic carbocycles. The highest BCUT2D eigenvalue weighted by molar-refractivity contribution is 6.10. The first-order valence-electron chi connectivity index (χ1n) is 12.9. The zero-order valence-corrected chi connectivity index (χ0v) is 21.6. The molecule has 3 aromatic rings. The number of rotatable bonds is 7. The quantitative estimate of drug-likeness (QED) is 0.462. The Kier molecular flexibility index (Phi) is 7.40. The van der Waals surface area contributed by atoms with Gasteiger partial charge >= 0.3 is 0 Å². The Morgan fingerprint density at radius 1 is 1.00 bits per heavy atom. The second kappa shape index (κ2) is 11.0. The normalized spacial score (nSPS) is 15.5. The van der Waals surface area contributed by atoms with Crippen molar-refractivity contribution in [3.05, 3.63) is 77.4 Å². The van der Waals surface area contributed by atoms with Crippen LogP contribution in [0.5, 0.6) is 23.0 Å². The average Bonchev–Trinajstić information content (AvgIpc) is 3.45. The average molecular weight is 517 g/mol. The summed E-state index contributed by atoms with van der Waals surface area (Å²) in [5, 5.41) is 13.4. The summed E-state index contributed by atoms with van der Waals surface area (Å²) in [4.78, 5) is 29.9. The van der Waals surface area contributed by atoms with Crippen molar-refractivity contribution in [2.75, 3.05) is 25.2 Å². The molecule has 2 amide bonds. The fraction of sp³-hybridized carbons (Fsp3) is 0.333. The van der Waals surface area contributed by atoms with Gasteiger partial charge < -0.3 is 24.6 Å². The first kappa shape index (κ1) is 25.4. The van der Waals surface area contributed by atoms with Gasteiger partial charge in [0.1, 0.15) is 19.3 Å². The molecule has 1 heterocycles. The Hall–Kier alpha value is -4.20. The number of methoxy groups -OCH3 is 1. The van der Waals surface area contributed by atoms with E-state index in [9.17, 15) is 14.7 Å². The van der Waals surface area contributed by atoms with Crippen LogP contribution in [0.3, 0.4) is 0 Å². The lowest BCUT2D eigenvalue weighted by atomic mass is 9.99. The molecule has 2 aliphatic rings. The molecule has 3 aromatic carbocycles. The van der Waals surface area contributed by atoms with E-state index < -0.39 is 6.04 Å². The number of hydrogen-bond acceptors (Lipinski definition) is 6. The van der Waals surface area contributed by atoms with Crippen LogP contribution < -0.4 is 24.4 Å². The number of carbonyl (C=O) groups is 2. The first-order valence-corrected chi connectivity index (χ1v) is 12.9. The molecule has 0 unspecified atom stereocenters. The second-order valence-electron chi connectivity index (χ2n) is 9.64. The van der Waals surface area contributed by atoms with Gasteiger partial charge in [-0.25, -0.2) is 0 Å². The van der Waals surface area contributed by atoms with Crippen LogP contribution in [0.15, 0.2) is 60.7 Å². The molecular weight excluding hydrogens is 484 g/mol. The molecule has 2 N–H and O–H groups in total. The maximum Gasteiger partial charge on any atom is 0.259 e.